The lowest BCUT2D eigenvalue weighted by Crippen LogP contribution is -1.79. The van der Waals surface area contributed by atoms with Gasteiger partial charge in [-0.1, -0.05) is 65.8 Å². The molecule has 0 radical (unpaired) electrons. The fourth-order valence-corrected chi connectivity index (χ4v) is 1.49. The Morgan fingerprint density at radius 1 is 1.07 bits per heavy atom. The van der Waals surface area contributed by atoms with Crippen molar-refractivity contribution >= 4 is 6.08 Å². The lowest BCUT2D eigenvalue weighted by Gasteiger charge is -1.98. The normalized spacial score (nSPS) is 11.4. The van der Waals surface area contributed by atoms with Crippen molar-refractivity contribution < 1.29 is 0 Å². The molecular formula is C15H18. The summed E-state index contributed by atoms with van der Waals surface area (Å²) in [5.41, 5.74) is 4.93. The molecule has 0 N–H and O–H groups in total. The number of aryl methyl sites for hydroxylation is 2. The average molecular weight is 198 g/mol. The van der Waals surface area contributed by atoms with Crippen LogP contribution < -0.4 is 0 Å². The second kappa shape index (κ2) is 5.35. The van der Waals surface area contributed by atoms with Gasteiger partial charge in [0.25, 0.3) is 0 Å². The van der Waals surface area contributed by atoms with Crippen molar-refractivity contribution in [1.29, 1.82) is 0 Å². The van der Waals surface area contributed by atoms with Gasteiger partial charge in [-0.25, -0.2) is 0 Å². The number of hydrogen-bond donors (Lipinski definition) is 0. The van der Waals surface area contributed by atoms with Gasteiger partial charge in [0.1, 0.15) is 0 Å². The Balaban J connectivity index is 2.76. The second-order valence-electron chi connectivity index (χ2n) is 3.99. The third kappa shape index (κ3) is 4.46. The largest absolute Gasteiger partial charge is 0.0961 e. The van der Waals surface area contributed by atoms with Crippen molar-refractivity contribution in [1.82, 2.24) is 0 Å². The van der Waals surface area contributed by atoms with E-state index < -0.39 is 0 Å². The fourth-order valence-electron chi connectivity index (χ4n) is 1.49. The van der Waals surface area contributed by atoms with Crippen molar-refractivity contribution in [3.05, 3.63) is 65.3 Å². The monoisotopic (exact) mass is 198 g/mol. The van der Waals surface area contributed by atoms with Crippen LogP contribution in [0.1, 0.15) is 23.6 Å². The van der Waals surface area contributed by atoms with Crippen LogP contribution in [-0.2, 0) is 0 Å². The summed E-state index contributed by atoms with van der Waals surface area (Å²) in [5, 5.41) is 0. The molecule has 0 bridgehead atoms. The first-order valence-electron chi connectivity index (χ1n) is 5.16. The van der Waals surface area contributed by atoms with Crippen LogP contribution in [0.2, 0.25) is 0 Å². The molecule has 78 valence electrons. The molecule has 0 aliphatic rings. The lowest BCUT2D eigenvalue weighted by atomic mass is 10.1. The smallest absolute Gasteiger partial charge is 0.0251 e. The summed E-state index contributed by atoms with van der Waals surface area (Å²) in [6, 6.07) is 6.54. The van der Waals surface area contributed by atoms with Gasteiger partial charge < -0.3 is 0 Å². The highest BCUT2D eigenvalue weighted by atomic mass is 14.0. The predicted octanol–water partition coefficient (Wildman–Crippen LogP) is 4.45. The van der Waals surface area contributed by atoms with E-state index in [1.807, 2.05) is 25.2 Å². The molecular weight excluding hydrogens is 180 g/mol. The maximum atomic E-state index is 3.81. The highest BCUT2D eigenvalue weighted by molar-refractivity contribution is 5.53. The van der Waals surface area contributed by atoms with E-state index in [0.29, 0.717) is 0 Å². The highest BCUT2D eigenvalue weighted by Gasteiger charge is 1.90. The molecule has 0 heterocycles. The summed E-state index contributed by atoms with van der Waals surface area (Å²) >= 11 is 0. The highest BCUT2D eigenvalue weighted by Crippen LogP contribution is 2.10. The zero-order chi connectivity index (χ0) is 11.3. The Kier molecular flexibility index (Phi) is 4.11. The molecule has 1 rings (SSSR count). The van der Waals surface area contributed by atoms with Gasteiger partial charge in [-0.15, -0.1) is 0 Å². The molecule has 0 spiro atoms. The molecule has 0 saturated carbocycles. The molecule has 1 aromatic rings. The molecule has 0 fully saturated rings. The van der Waals surface area contributed by atoms with Crippen molar-refractivity contribution in [3.8, 4) is 0 Å². The number of benzene rings is 1. The Hall–Kier alpha value is -1.56. The van der Waals surface area contributed by atoms with Gasteiger partial charge >= 0.3 is 0 Å². The van der Waals surface area contributed by atoms with E-state index in [-0.39, 0.29) is 0 Å². The molecule has 0 unspecified atom stereocenters. The van der Waals surface area contributed by atoms with Crippen molar-refractivity contribution in [2.45, 2.75) is 20.8 Å². The van der Waals surface area contributed by atoms with Gasteiger partial charge in [-0.2, -0.15) is 0 Å². The molecule has 0 aliphatic carbocycles. The maximum Gasteiger partial charge on any atom is -0.0251 e. The van der Waals surface area contributed by atoms with Gasteiger partial charge in [-0.3, -0.25) is 0 Å². The zero-order valence-electron chi connectivity index (χ0n) is 9.75. The molecule has 0 amide bonds. The van der Waals surface area contributed by atoms with E-state index in [1.54, 1.807) is 0 Å². The van der Waals surface area contributed by atoms with Crippen LogP contribution in [0.5, 0.6) is 0 Å². The topological polar surface area (TPSA) is 0 Å². The van der Waals surface area contributed by atoms with E-state index in [2.05, 4.69) is 44.7 Å². The Morgan fingerprint density at radius 2 is 1.67 bits per heavy atom. The number of hydrogen-bond acceptors (Lipinski definition) is 0. The summed E-state index contributed by atoms with van der Waals surface area (Å²) in [7, 11) is 0. The first-order valence-corrected chi connectivity index (χ1v) is 5.16. The van der Waals surface area contributed by atoms with Gasteiger partial charge in [-0.05, 0) is 26.3 Å². The summed E-state index contributed by atoms with van der Waals surface area (Å²) in [5.74, 6) is 0. The van der Waals surface area contributed by atoms with Gasteiger partial charge in [0.15, 0.2) is 0 Å². The van der Waals surface area contributed by atoms with E-state index in [1.165, 1.54) is 16.7 Å². The minimum absolute atomic E-state index is 1.07. The van der Waals surface area contributed by atoms with Crippen LogP contribution in [0.25, 0.3) is 6.08 Å². The van der Waals surface area contributed by atoms with Crippen molar-refractivity contribution in [2.75, 3.05) is 0 Å². The van der Waals surface area contributed by atoms with Crippen LogP contribution in [-0.4, -0.2) is 0 Å². The average Bonchev–Trinajstić information content (AvgIpc) is 2.10. The summed E-state index contributed by atoms with van der Waals surface area (Å²) in [6.45, 7) is 10.0. The Morgan fingerprint density at radius 3 is 2.20 bits per heavy atom. The number of rotatable bonds is 3. The zero-order valence-corrected chi connectivity index (χ0v) is 9.75. The van der Waals surface area contributed by atoms with E-state index >= 15 is 0 Å². The summed E-state index contributed by atoms with van der Waals surface area (Å²) in [6.07, 6.45) is 8.17. The van der Waals surface area contributed by atoms with Crippen molar-refractivity contribution in [2.24, 2.45) is 0 Å². The van der Waals surface area contributed by atoms with E-state index in [9.17, 15) is 0 Å². The van der Waals surface area contributed by atoms with Crippen molar-refractivity contribution in [3.63, 3.8) is 0 Å². The Bertz CT molecular complexity index is 386. The standard InChI is InChI=1S/C15H18/c1-12(2)7-5-6-8-15-10-13(3)9-14(4)11-15/h5-11H,1H2,2-4H3/b7-5-,8-6+. The minimum Gasteiger partial charge on any atom is -0.0961 e. The molecule has 1 aromatic carbocycles. The van der Waals surface area contributed by atoms with E-state index in [0.717, 1.165) is 5.57 Å². The molecule has 0 heteroatoms. The second-order valence-corrected chi connectivity index (χ2v) is 3.99. The minimum atomic E-state index is 1.07. The molecule has 0 saturated heterocycles. The predicted molar refractivity (Wildman–Crippen MR) is 68.9 cm³/mol. The maximum absolute atomic E-state index is 3.81. The van der Waals surface area contributed by atoms with Crippen LogP contribution in [0.3, 0.4) is 0 Å². The molecule has 0 nitrogen and oxygen atoms in total. The third-order valence-electron chi connectivity index (χ3n) is 2.02. The van der Waals surface area contributed by atoms with Crippen LogP contribution in [0.4, 0.5) is 0 Å². The number of allylic oxidation sites excluding steroid dienone is 4. The third-order valence-corrected chi connectivity index (χ3v) is 2.02. The SMILES string of the molecule is C=C(C)/C=C\C=C\c1cc(C)cc(C)c1. The first-order chi connectivity index (χ1) is 7.08. The summed E-state index contributed by atoms with van der Waals surface area (Å²) in [4.78, 5) is 0. The fraction of sp³-hybridized carbons (Fsp3) is 0.200. The first kappa shape index (κ1) is 11.5. The lowest BCUT2D eigenvalue weighted by molar-refractivity contribution is 1.37. The van der Waals surface area contributed by atoms with Crippen LogP contribution >= 0.6 is 0 Å². The quantitative estimate of drug-likeness (QED) is 0.629. The molecule has 15 heavy (non-hydrogen) atoms. The van der Waals surface area contributed by atoms with Crippen LogP contribution in [0, 0.1) is 13.8 Å². The van der Waals surface area contributed by atoms with Gasteiger partial charge in [0, 0.05) is 0 Å². The van der Waals surface area contributed by atoms with Crippen LogP contribution in [0.15, 0.2) is 48.6 Å². The van der Waals surface area contributed by atoms with Gasteiger partial charge in [0.2, 0.25) is 0 Å². The van der Waals surface area contributed by atoms with Gasteiger partial charge in [0.05, 0.1) is 0 Å². The Labute approximate surface area is 92.6 Å². The molecule has 0 aliphatic heterocycles. The van der Waals surface area contributed by atoms with E-state index in [4.69, 9.17) is 0 Å². The molecule has 0 atom stereocenters. The summed E-state index contributed by atoms with van der Waals surface area (Å²) < 4.78 is 0. The molecule has 0 aromatic heterocycles.